The van der Waals surface area contributed by atoms with Crippen molar-refractivity contribution in [3.8, 4) is 0 Å². The molecule has 0 atom stereocenters. The average molecular weight is 352 g/mol. The van der Waals surface area contributed by atoms with Crippen LogP contribution in [0.15, 0.2) is 4.47 Å². The van der Waals surface area contributed by atoms with Gasteiger partial charge in [-0.25, -0.2) is 0 Å². The van der Waals surface area contributed by atoms with Crippen molar-refractivity contribution in [2.24, 2.45) is 0 Å². The highest BCUT2D eigenvalue weighted by Gasteiger charge is 2.40. The Morgan fingerprint density at radius 3 is 2.33 bits per heavy atom. The SMILES string of the molecule is O=C(c1n[nH]c(C2CC2)c1Br)N(C1CCCCC1)C1CC1. The van der Waals surface area contributed by atoms with E-state index in [1.807, 2.05) is 0 Å². The van der Waals surface area contributed by atoms with Gasteiger partial charge in [-0.3, -0.25) is 9.89 Å². The Morgan fingerprint density at radius 1 is 1.05 bits per heavy atom. The third-order valence-corrected chi connectivity index (χ3v) is 5.87. The number of amides is 1. The van der Waals surface area contributed by atoms with Crippen LogP contribution in [0.3, 0.4) is 0 Å². The smallest absolute Gasteiger partial charge is 0.276 e. The molecule has 0 unspecified atom stereocenters. The van der Waals surface area contributed by atoms with E-state index in [0.717, 1.165) is 10.2 Å². The molecule has 1 aromatic heterocycles. The topological polar surface area (TPSA) is 49.0 Å². The van der Waals surface area contributed by atoms with Crippen molar-refractivity contribution in [3.05, 3.63) is 15.9 Å². The average Bonchev–Trinajstić information content (AvgIpc) is 3.40. The second kappa shape index (κ2) is 5.41. The first-order valence-corrected chi connectivity index (χ1v) is 9.11. The maximum Gasteiger partial charge on any atom is 0.276 e. The Kier molecular flexibility index (Phi) is 3.56. The highest BCUT2D eigenvalue weighted by atomic mass is 79.9. The van der Waals surface area contributed by atoms with Crippen molar-refractivity contribution in [1.29, 1.82) is 0 Å². The number of nitrogens with one attached hydrogen (secondary N) is 1. The van der Waals surface area contributed by atoms with Gasteiger partial charge in [-0.1, -0.05) is 19.3 Å². The number of H-pyrrole nitrogens is 1. The van der Waals surface area contributed by atoms with Crippen molar-refractivity contribution in [2.75, 3.05) is 0 Å². The van der Waals surface area contributed by atoms with Crippen LogP contribution in [0.4, 0.5) is 0 Å². The quantitative estimate of drug-likeness (QED) is 0.891. The number of rotatable bonds is 4. The van der Waals surface area contributed by atoms with Gasteiger partial charge in [-0.05, 0) is 54.5 Å². The van der Waals surface area contributed by atoms with Crippen molar-refractivity contribution in [1.82, 2.24) is 15.1 Å². The van der Waals surface area contributed by atoms with E-state index in [1.54, 1.807) is 0 Å². The molecular formula is C16H22BrN3O. The van der Waals surface area contributed by atoms with Gasteiger partial charge < -0.3 is 4.90 Å². The molecule has 0 bridgehead atoms. The zero-order valence-electron chi connectivity index (χ0n) is 12.3. The molecule has 5 heteroatoms. The molecule has 3 fully saturated rings. The minimum absolute atomic E-state index is 0.138. The minimum atomic E-state index is 0.138. The largest absolute Gasteiger partial charge is 0.331 e. The van der Waals surface area contributed by atoms with Crippen LogP contribution in [0.2, 0.25) is 0 Å². The van der Waals surface area contributed by atoms with Crippen LogP contribution in [-0.4, -0.2) is 33.1 Å². The normalized spacial score (nSPS) is 23.3. The number of hydrogen-bond donors (Lipinski definition) is 1. The fourth-order valence-electron chi connectivity index (χ4n) is 3.59. The third-order valence-electron chi connectivity index (χ3n) is 5.06. The third kappa shape index (κ3) is 2.65. The number of carbonyl (C=O) groups is 1. The van der Waals surface area contributed by atoms with Crippen molar-refractivity contribution in [2.45, 2.75) is 75.8 Å². The van der Waals surface area contributed by atoms with Gasteiger partial charge in [0.15, 0.2) is 5.69 Å². The molecule has 1 heterocycles. The summed E-state index contributed by atoms with van der Waals surface area (Å²) in [4.78, 5) is 15.2. The summed E-state index contributed by atoms with van der Waals surface area (Å²) < 4.78 is 0.913. The molecular weight excluding hydrogens is 330 g/mol. The van der Waals surface area contributed by atoms with Crippen molar-refractivity contribution in [3.63, 3.8) is 0 Å². The molecule has 0 aliphatic heterocycles. The highest BCUT2D eigenvalue weighted by molar-refractivity contribution is 9.10. The van der Waals surface area contributed by atoms with E-state index in [2.05, 4.69) is 31.0 Å². The van der Waals surface area contributed by atoms with E-state index in [4.69, 9.17) is 0 Å². The van der Waals surface area contributed by atoms with Crippen LogP contribution >= 0.6 is 15.9 Å². The molecule has 0 saturated heterocycles. The molecule has 0 radical (unpaired) electrons. The second-order valence-electron chi connectivity index (χ2n) is 6.81. The van der Waals surface area contributed by atoms with Crippen LogP contribution in [0.5, 0.6) is 0 Å². The molecule has 3 aliphatic rings. The number of aromatic nitrogens is 2. The molecule has 3 saturated carbocycles. The first-order chi connectivity index (χ1) is 10.3. The number of halogens is 1. The first-order valence-electron chi connectivity index (χ1n) is 8.32. The number of hydrogen-bond acceptors (Lipinski definition) is 2. The van der Waals surface area contributed by atoms with Crippen LogP contribution in [0.25, 0.3) is 0 Å². The summed E-state index contributed by atoms with van der Waals surface area (Å²) in [5, 5.41) is 7.43. The van der Waals surface area contributed by atoms with Gasteiger partial charge >= 0.3 is 0 Å². The summed E-state index contributed by atoms with van der Waals surface area (Å²) in [7, 11) is 0. The lowest BCUT2D eigenvalue weighted by atomic mass is 9.93. The van der Waals surface area contributed by atoms with Crippen LogP contribution in [-0.2, 0) is 0 Å². The van der Waals surface area contributed by atoms with E-state index in [1.165, 1.54) is 57.8 Å². The summed E-state index contributed by atoms with van der Waals surface area (Å²) in [6.45, 7) is 0. The zero-order valence-corrected chi connectivity index (χ0v) is 13.9. The predicted octanol–water partition coefficient (Wildman–Crippen LogP) is 3.99. The van der Waals surface area contributed by atoms with E-state index >= 15 is 0 Å². The van der Waals surface area contributed by atoms with Crippen LogP contribution in [0, 0.1) is 0 Å². The Morgan fingerprint density at radius 2 is 1.71 bits per heavy atom. The summed E-state index contributed by atoms with van der Waals surface area (Å²) in [5.41, 5.74) is 1.73. The summed E-state index contributed by atoms with van der Waals surface area (Å²) >= 11 is 3.61. The van der Waals surface area contributed by atoms with E-state index in [0.29, 0.717) is 23.7 Å². The molecule has 0 spiro atoms. The molecule has 4 rings (SSSR count). The van der Waals surface area contributed by atoms with Crippen LogP contribution in [0.1, 0.15) is 79.9 Å². The van der Waals surface area contributed by atoms with Gasteiger partial charge in [-0.15, -0.1) is 0 Å². The lowest BCUT2D eigenvalue weighted by Crippen LogP contribution is -2.43. The lowest BCUT2D eigenvalue weighted by Gasteiger charge is -2.34. The maximum atomic E-state index is 13.0. The van der Waals surface area contributed by atoms with Gasteiger partial charge in [0.1, 0.15) is 0 Å². The number of nitrogens with zero attached hydrogens (tertiary/aromatic N) is 2. The molecule has 1 N–H and O–H groups in total. The summed E-state index contributed by atoms with van der Waals surface area (Å²) in [6.07, 6.45) is 10.9. The Balaban J connectivity index is 1.58. The molecule has 4 nitrogen and oxygen atoms in total. The number of carbonyl (C=O) groups excluding carboxylic acids is 1. The maximum absolute atomic E-state index is 13.0. The monoisotopic (exact) mass is 351 g/mol. The van der Waals surface area contributed by atoms with Gasteiger partial charge in [0.05, 0.1) is 10.2 Å². The standard InChI is InChI=1S/C16H22BrN3O/c17-13-14(10-6-7-10)18-19-15(13)16(21)20(12-8-9-12)11-4-2-1-3-5-11/h10-12H,1-9H2,(H,18,19). The fraction of sp³-hybridized carbons (Fsp3) is 0.750. The fourth-order valence-corrected chi connectivity index (χ4v) is 4.26. The highest BCUT2D eigenvalue weighted by Crippen LogP contribution is 2.43. The zero-order chi connectivity index (χ0) is 14.4. The lowest BCUT2D eigenvalue weighted by molar-refractivity contribution is 0.0607. The van der Waals surface area contributed by atoms with E-state index in [-0.39, 0.29) is 5.91 Å². The van der Waals surface area contributed by atoms with Gasteiger partial charge in [0, 0.05) is 18.0 Å². The van der Waals surface area contributed by atoms with Gasteiger partial charge in [-0.2, -0.15) is 5.10 Å². The Hall–Kier alpha value is -0.840. The van der Waals surface area contributed by atoms with Gasteiger partial charge in [0.2, 0.25) is 0 Å². The molecule has 1 amide bonds. The van der Waals surface area contributed by atoms with Crippen LogP contribution < -0.4 is 0 Å². The van der Waals surface area contributed by atoms with E-state index < -0.39 is 0 Å². The molecule has 1 aromatic rings. The number of aromatic amines is 1. The Bertz CT molecular complexity index is 542. The molecule has 21 heavy (non-hydrogen) atoms. The summed E-state index contributed by atoms with van der Waals surface area (Å²) in [6, 6.07) is 0.903. The minimum Gasteiger partial charge on any atom is -0.331 e. The second-order valence-corrected chi connectivity index (χ2v) is 7.60. The van der Waals surface area contributed by atoms with Crippen molar-refractivity contribution >= 4 is 21.8 Å². The molecule has 0 aromatic carbocycles. The van der Waals surface area contributed by atoms with Crippen molar-refractivity contribution < 1.29 is 4.79 Å². The predicted molar refractivity (Wildman–Crippen MR) is 84.3 cm³/mol. The molecule has 3 aliphatic carbocycles. The summed E-state index contributed by atoms with van der Waals surface area (Å²) in [5.74, 6) is 0.719. The first kappa shape index (κ1) is 13.8. The Labute approximate surface area is 133 Å². The van der Waals surface area contributed by atoms with Gasteiger partial charge in [0.25, 0.3) is 5.91 Å². The molecule has 114 valence electrons. The van der Waals surface area contributed by atoms with E-state index in [9.17, 15) is 4.79 Å².